The van der Waals surface area contributed by atoms with Crippen LogP contribution in [-0.4, -0.2) is 0 Å². The molecule has 1 rings (SSSR count). The minimum atomic E-state index is 1.15. The number of rotatable bonds is 2. The molecule has 0 N–H and O–H groups in total. The molecule has 0 amide bonds. The summed E-state index contributed by atoms with van der Waals surface area (Å²) < 4.78 is 2.82. The molecular formula is C10H12I2. The maximum Gasteiger partial charge on any atom is 0.0298 e. The van der Waals surface area contributed by atoms with Crippen molar-refractivity contribution < 1.29 is 0 Å². The van der Waals surface area contributed by atoms with Gasteiger partial charge >= 0.3 is 0 Å². The third kappa shape index (κ3) is 2.13. The van der Waals surface area contributed by atoms with Crippen molar-refractivity contribution in [3.05, 3.63) is 30.4 Å². The van der Waals surface area contributed by atoms with Crippen LogP contribution in [0.1, 0.15) is 25.0 Å². The van der Waals surface area contributed by atoms with Gasteiger partial charge in [0, 0.05) is 7.14 Å². The van der Waals surface area contributed by atoms with Crippen LogP contribution in [0.4, 0.5) is 0 Å². The van der Waals surface area contributed by atoms with Gasteiger partial charge in [0.2, 0.25) is 0 Å². The number of aryl methyl sites for hydroxylation is 1. The highest BCUT2D eigenvalue weighted by Gasteiger charge is 2.05. The van der Waals surface area contributed by atoms with E-state index in [-0.39, 0.29) is 0 Å². The van der Waals surface area contributed by atoms with Gasteiger partial charge in [-0.1, -0.05) is 19.9 Å². The van der Waals surface area contributed by atoms with Gasteiger partial charge < -0.3 is 0 Å². The van der Waals surface area contributed by atoms with Crippen molar-refractivity contribution >= 4 is 45.2 Å². The Labute approximate surface area is 101 Å². The van der Waals surface area contributed by atoms with E-state index in [0.717, 1.165) is 12.8 Å². The lowest BCUT2D eigenvalue weighted by Gasteiger charge is -2.09. The largest absolute Gasteiger partial charge is 0.0613 e. The zero-order valence-electron chi connectivity index (χ0n) is 7.32. The van der Waals surface area contributed by atoms with Crippen LogP contribution in [0.25, 0.3) is 0 Å². The van der Waals surface area contributed by atoms with Crippen LogP contribution in [0.2, 0.25) is 0 Å². The van der Waals surface area contributed by atoms with E-state index in [0.29, 0.717) is 0 Å². The smallest absolute Gasteiger partial charge is 0.0298 e. The Morgan fingerprint density at radius 1 is 1.08 bits per heavy atom. The fourth-order valence-corrected chi connectivity index (χ4v) is 2.76. The molecular weight excluding hydrogens is 374 g/mol. The maximum atomic E-state index is 2.45. The van der Waals surface area contributed by atoms with E-state index in [1.165, 1.54) is 18.3 Å². The van der Waals surface area contributed by atoms with Gasteiger partial charge in [-0.25, -0.2) is 0 Å². The Morgan fingerprint density at radius 2 is 1.75 bits per heavy atom. The van der Waals surface area contributed by atoms with Crippen LogP contribution in [0.3, 0.4) is 0 Å². The van der Waals surface area contributed by atoms with E-state index in [1.807, 2.05) is 0 Å². The molecule has 0 radical (unpaired) electrons. The molecule has 2 heteroatoms. The standard InChI is InChI=1S/C10H12I2/c1-3-7-5-6-9(11)10(12)8(7)4-2/h5-6H,3-4H2,1-2H3. The average Bonchev–Trinajstić information content (AvgIpc) is 2.09. The fraction of sp³-hybridized carbons (Fsp3) is 0.400. The van der Waals surface area contributed by atoms with Crippen molar-refractivity contribution in [3.63, 3.8) is 0 Å². The first-order valence-corrected chi connectivity index (χ1v) is 6.32. The van der Waals surface area contributed by atoms with Gasteiger partial charge in [-0.3, -0.25) is 0 Å². The lowest BCUT2D eigenvalue weighted by atomic mass is 10.0. The number of hydrogen-bond acceptors (Lipinski definition) is 0. The molecule has 1 aromatic rings. The van der Waals surface area contributed by atoms with E-state index in [2.05, 4.69) is 71.2 Å². The minimum absolute atomic E-state index is 1.15. The molecule has 66 valence electrons. The van der Waals surface area contributed by atoms with Gasteiger partial charge in [-0.2, -0.15) is 0 Å². The molecule has 1 aromatic carbocycles. The van der Waals surface area contributed by atoms with Crippen LogP contribution in [0.15, 0.2) is 12.1 Å². The molecule has 0 aliphatic rings. The van der Waals surface area contributed by atoms with Crippen molar-refractivity contribution in [1.82, 2.24) is 0 Å². The Balaban J connectivity index is 3.25. The monoisotopic (exact) mass is 386 g/mol. The summed E-state index contributed by atoms with van der Waals surface area (Å²) >= 11 is 4.85. The highest BCUT2D eigenvalue weighted by atomic mass is 127. The lowest BCUT2D eigenvalue weighted by molar-refractivity contribution is 1.02. The summed E-state index contributed by atoms with van der Waals surface area (Å²) in [6.07, 6.45) is 2.30. The first-order chi connectivity index (χ1) is 5.70. The Morgan fingerprint density at radius 3 is 2.25 bits per heavy atom. The second-order valence-electron chi connectivity index (χ2n) is 2.71. The zero-order chi connectivity index (χ0) is 9.14. The highest BCUT2D eigenvalue weighted by molar-refractivity contribution is 14.1. The Kier molecular flexibility index (Phi) is 4.29. The fourth-order valence-electron chi connectivity index (χ4n) is 1.35. The molecule has 0 saturated heterocycles. The average molecular weight is 386 g/mol. The normalized spacial score (nSPS) is 10.3. The molecule has 0 atom stereocenters. The molecule has 0 saturated carbocycles. The first-order valence-electron chi connectivity index (χ1n) is 4.16. The van der Waals surface area contributed by atoms with Gasteiger partial charge in [-0.05, 0) is 75.2 Å². The Hall–Kier alpha value is 0.680. The molecule has 12 heavy (non-hydrogen) atoms. The Bertz CT molecular complexity index is 279. The summed E-state index contributed by atoms with van der Waals surface area (Å²) in [5.41, 5.74) is 3.03. The summed E-state index contributed by atoms with van der Waals surface area (Å²) in [7, 11) is 0. The molecule has 0 heterocycles. The zero-order valence-corrected chi connectivity index (χ0v) is 11.6. The molecule has 0 unspecified atom stereocenters. The highest BCUT2D eigenvalue weighted by Crippen LogP contribution is 2.23. The van der Waals surface area contributed by atoms with E-state index in [9.17, 15) is 0 Å². The van der Waals surface area contributed by atoms with Gasteiger partial charge in [-0.15, -0.1) is 0 Å². The van der Waals surface area contributed by atoms with E-state index >= 15 is 0 Å². The summed E-state index contributed by atoms with van der Waals surface area (Å²) in [5, 5.41) is 0. The molecule has 0 aromatic heterocycles. The summed E-state index contributed by atoms with van der Waals surface area (Å²) in [6, 6.07) is 4.46. The first kappa shape index (κ1) is 10.8. The SMILES string of the molecule is CCc1ccc(I)c(I)c1CC. The van der Waals surface area contributed by atoms with Crippen molar-refractivity contribution in [2.75, 3.05) is 0 Å². The number of halogens is 2. The van der Waals surface area contributed by atoms with Crippen molar-refractivity contribution in [2.45, 2.75) is 26.7 Å². The summed E-state index contributed by atoms with van der Waals surface area (Å²) in [4.78, 5) is 0. The van der Waals surface area contributed by atoms with Crippen LogP contribution in [0, 0.1) is 7.14 Å². The van der Waals surface area contributed by atoms with Crippen LogP contribution in [-0.2, 0) is 12.8 Å². The van der Waals surface area contributed by atoms with Gasteiger partial charge in [0.05, 0.1) is 0 Å². The van der Waals surface area contributed by atoms with Gasteiger partial charge in [0.15, 0.2) is 0 Å². The third-order valence-electron chi connectivity index (χ3n) is 2.03. The molecule has 0 aliphatic heterocycles. The predicted molar refractivity (Wildman–Crippen MR) is 70.6 cm³/mol. The lowest BCUT2D eigenvalue weighted by Crippen LogP contribution is -1.96. The van der Waals surface area contributed by atoms with Crippen LogP contribution >= 0.6 is 45.2 Å². The second kappa shape index (κ2) is 4.79. The summed E-state index contributed by atoms with van der Waals surface area (Å²) in [6.45, 7) is 4.45. The van der Waals surface area contributed by atoms with Gasteiger partial charge in [0.25, 0.3) is 0 Å². The van der Waals surface area contributed by atoms with Crippen molar-refractivity contribution in [3.8, 4) is 0 Å². The topological polar surface area (TPSA) is 0 Å². The number of hydrogen-bond donors (Lipinski definition) is 0. The molecule has 0 spiro atoms. The second-order valence-corrected chi connectivity index (χ2v) is 4.95. The van der Waals surface area contributed by atoms with Crippen LogP contribution in [0.5, 0.6) is 0 Å². The predicted octanol–water partition coefficient (Wildman–Crippen LogP) is 4.02. The molecule has 0 nitrogen and oxygen atoms in total. The van der Waals surface area contributed by atoms with E-state index in [1.54, 1.807) is 0 Å². The summed E-state index contributed by atoms with van der Waals surface area (Å²) in [5.74, 6) is 0. The van der Waals surface area contributed by atoms with Crippen LogP contribution < -0.4 is 0 Å². The molecule has 0 fully saturated rings. The molecule has 0 bridgehead atoms. The minimum Gasteiger partial charge on any atom is -0.0613 e. The number of benzene rings is 1. The van der Waals surface area contributed by atoms with E-state index < -0.39 is 0 Å². The van der Waals surface area contributed by atoms with Crippen molar-refractivity contribution in [2.24, 2.45) is 0 Å². The molecule has 0 aliphatic carbocycles. The quantitative estimate of drug-likeness (QED) is 0.674. The van der Waals surface area contributed by atoms with Crippen molar-refractivity contribution in [1.29, 1.82) is 0 Å². The van der Waals surface area contributed by atoms with Gasteiger partial charge in [0.1, 0.15) is 0 Å². The third-order valence-corrected chi connectivity index (χ3v) is 5.19. The maximum absolute atomic E-state index is 2.45. The van der Waals surface area contributed by atoms with E-state index in [4.69, 9.17) is 0 Å².